The van der Waals surface area contributed by atoms with Crippen LogP contribution in [0.5, 0.6) is 11.5 Å². The molecule has 0 bridgehead atoms. The standard InChI is InChI=1S/C12H10Br2N2O/c13-9-2-1-8(5-15)12(4-9)17-11-3-10(14)6-16-7-11/h1-4,6-7H,5,15H2. The zero-order valence-electron chi connectivity index (χ0n) is 8.86. The van der Waals surface area contributed by atoms with Gasteiger partial charge >= 0.3 is 0 Å². The van der Waals surface area contributed by atoms with Gasteiger partial charge in [-0.15, -0.1) is 0 Å². The summed E-state index contributed by atoms with van der Waals surface area (Å²) in [6, 6.07) is 7.62. The molecule has 0 aliphatic rings. The summed E-state index contributed by atoms with van der Waals surface area (Å²) in [5, 5.41) is 0. The molecule has 0 amide bonds. The molecular formula is C12H10Br2N2O. The van der Waals surface area contributed by atoms with Gasteiger partial charge in [0.2, 0.25) is 0 Å². The Morgan fingerprint density at radius 3 is 2.65 bits per heavy atom. The Hall–Kier alpha value is -0.910. The van der Waals surface area contributed by atoms with E-state index in [4.69, 9.17) is 10.5 Å². The molecule has 0 unspecified atom stereocenters. The smallest absolute Gasteiger partial charge is 0.146 e. The largest absolute Gasteiger partial charge is 0.455 e. The summed E-state index contributed by atoms with van der Waals surface area (Å²) >= 11 is 6.76. The van der Waals surface area contributed by atoms with E-state index in [1.807, 2.05) is 24.3 Å². The molecule has 0 atom stereocenters. The lowest BCUT2D eigenvalue weighted by Crippen LogP contribution is -1.99. The van der Waals surface area contributed by atoms with Gasteiger partial charge in [0.05, 0.1) is 6.20 Å². The van der Waals surface area contributed by atoms with Crippen LogP contribution in [-0.2, 0) is 6.54 Å². The van der Waals surface area contributed by atoms with Crippen molar-refractivity contribution in [3.05, 3.63) is 51.2 Å². The van der Waals surface area contributed by atoms with E-state index in [1.54, 1.807) is 12.4 Å². The first-order chi connectivity index (χ1) is 8.19. The number of hydrogen-bond acceptors (Lipinski definition) is 3. The highest BCUT2D eigenvalue weighted by molar-refractivity contribution is 9.10. The van der Waals surface area contributed by atoms with Crippen LogP contribution in [0.3, 0.4) is 0 Å². The first-order valence-electron chi connectivity index (χ1n) is 4.96. The van der Waals surface area contributed by atoms with Gasteiger partial charge in [-0.2, -0.15) is 0 Å². The summed E-state index contributed by atoms with van der Waals surface area (Å²) in [5.74, 6) is 1.41. The topological polar surface area (TPSA) is 48.1 Å². The Bertz CT molecular complexity index is 532. The van der Waals surface area contributed by atoms with Crippen LogP contribution in [0.2, 0.25) is 0 Å². The van der Waals surface area contributed by atoms with Gasteiger partial charge in [-0.1, -0.05) is 22.0 Å². The second-order valence-electron chi connectivity index (χ2n) is 3.40. The number of halogens is 2. The zero-order chi connectivity index (χ0) is 12.3. The van der Waals surface area contributed by atoms with Gasteiger partial charge < -0.3 is 10.5 Å². The SMILES string of the molecule is NCc1ccc(Br)cc1Oc1cncc(Br)c1. The van der Waals surface area contributed by atoms with Crippen molar-refractivity contribution >= 4 is 31.9 Å². The lowest BCUT2D eigenvalue weighted by molar-refractivity contribution is 0.473. The van der Waals surface area contributed by atoms with Crippen molar-refractivity contribution in [3.8, 4) is 11.5 Å². The van der Waals surface area contributed by atoms with Crippen LogP contribution in [0, 0.1) is 0 Å². The highest BCUT2D eigenvalue weighted by atomic mass is 79.9. The second kappa shape index (κ2) is 5.62. The summed E-state index contributed by atoms with van der Waals surface area (Å²) in [4.78, 5) is 4.04. The van der Waals surface area contributed by atoms with Crippen LogP contribution in [0.25, 0.3) is 0 Å². The Morgan fingerprint density at radius 2 is 1.94 bits per heavy atom. The highest BCUT2D eigenvalue weighted by Gasteiger charge is 2.05. The second-order valence-corrected chi connectivity index (χ2v) is 5.23. The van der Waals surface area contributed by atoms with Crippen LogP contribution in [-0.4, -0.2) is 4.98 Å². The molecule has 0 aliphatic carbocycles. The third kappa shape index (κ3) is 3.28. The number of rotatable bonds is 3. The van der Waals surface area contributed by atoms with Crippen LogP contribution in [0.1, 0.15) is 5.56 Å². The number of pyridine rings is 1. The van der Waals surface area contributed by atoms with Crippen molar-refractivity contribution in [2.24, 2.45) is 5.73 Å². The molecule has 0 fully saturated rings. The predicted molar refractivity (Wildman–Crippen MR) is 74.0 cm³/mol. The zero-order valence-corrected chi connectivity index (χ0v) is 12.0. The third-order valence-corrected chi connectivity index (χ3v) is 3.08. The number of benzene rings is 1. The molecule has 1 heterocycles. The van der Waals surface area contributed by atoms with E-state index >= 15 is 0 Å². The molecule has 0 radical (unpaired) electrons. The fraction of sp³-hybridized carbons (Fsp3) is 0.0833. The third-order valence-electron chi connectivity index (χ3n) is 2.16. The van der Waals surface area contributed by atoms with Crippen LogP contribution >= 0.6 is 31.9 Å². The molecule has 2 N–H and O–H groups in total. The van der Waals surface area contributed by atoms with E-state index in [0.29, 0.717) is 12.3 Å². The van der Waals surface area contributed by atoms with Crippen molar-refractivity contribution in [2.75, 3.05) is 0 Å². The normalized spacial score (nSPS) is 10.3. The summed E-state index contributed by atoms with van der Waals surface area (Å²) in [6.45, 7) is 0.435. The number of aromatic nitrogens is 1. The Labute approximate surface area is 116 Å². The highest BCUT2D eigenvalue weighted by Crippen LogP contribution is 2.29. The minimum atomic E-state index is 0.435. The minimum Gasteiger partial charge on any atom is -0.455 e. The van der Waals surface area contributed by atoms with Gasteiger partial charge in [0.15, 0.2) is 0 Å². The molecule has 0 saturated carbocycles. The molecule has 3 nitrogen and oxygen atoms in total. The molecule has 0 saturated heterocycles. The van der Waals surface area contributed by atoms with Crippen molar-refractivity contribution in [3.63, 3.8) is 0 Å². The predicted octanol–water partition coefficient (Wildman–Crippen LogP) is 3.86. The van der Waals surface area contributed by atoms with Crippen molar-refractivity contribution in [2.45, 2.75) is 6.54 Å². The first kappa shape index (κ1) is 12.5. The lowest BCUT2D eigenvalue weighted by Gasteiger charge is -2.10. The molecule has 1 aromatic heterocycles. The fourth-order valence-corrected chi connectivity index (χ4v) is 2.05. The molecule has 2 aromatic rings. The number of nitrogens with zero attached hydrogens (tertiary/aromatic N) is 1. The Kier molecular flexibility index (Phi) is 4.15. The summed E-state index contributed by atoms with van der Waals surface area (Å²) in [6.07, 6.45) is 3.36. The fourth-order valence-electron chi connectivity index (χ4n) is 1.37. The average molecular weight is 358 g/mol. The van der Waals surface area contributed by atoms with Crippen LogP contribution in [0.4, 0.5) is 0 Å². The van der Waals surface area contributed by atoms with E-state index in [-0.39, 0.29) is 0 Å². The van der Waals surface area contributed by atoms with Gasteiger partial charge in [0, 0.05) is 27.3 Å². The van der Waals surface area contributed by atoms with Crippen molar-refractivity contribution < 1.29 is 4.74 Å². The summed E-state index contributed by atoms with van der Waals surface area (Å²) in [7, 11) is 0. The van der Waals surface area contributed by atoms with Crippen molar-refractivity contribution in [1.82, 2.24) is 4.98 Å². The van der Waals surface area contributed by atoms with E-state index in [9.17, 15) is 0 Å². The number of nitrogens with two attached hydrogens (primary N) is 1. The molecule has 0 spiro atoms. The lowest BCUT2D eigenvalue weighted by atomic mass is 10.2. The van der Waals surface area contributed by atoms with E-state index in [0.717, 1.165) is 20.3 Å². The van der Waals surface area contributed by atoms with E-state index < -0.39 is 0 Å². The van der Waals surface area contributed by atoms with Crippen molar-refractivity contribution in [1.29, 1.82) is 0 Å². The van der Waals surface area contributed by atoms with Crippen LogP contribution < -0.4 is 10.5 Å². The van der Waals surface area contributed by atoms with E-state index in [2.05, 4.69) is 36.8 Å². The average Bonchev–Trinajstić information content (AvgIpc) is 2.29. The maximum atomic E-state index is 5.76. The van der Waals surface area contributed by atoms with Crippen LogP contribution in [0.15, 0.2) is 45.6 Å². The summed E-state index contributed by atoms with van der Waals surface area (Å²) in [5.41, 5.74) is 6.62. The minimum absolute atomic E-state index is 0.435. The molecule has 2 rings (SSSR count). The maximum Gasteiger partial charge on any atom is 0.146 e. The molecule has 1 aromatic carbocycles. The van der Waals surface area contributed by atoms with E-state index in [1.165, 1.54) is 0 Å². The number of hydrogen-bond donors (Lipinski definition) is 1. The summed E-state index contributed by atoms with van der Waals surface area (Å²) < 4.78 is 7.59. The molecule has 5 heteroatoms. The van der Waals surface area contributed by atoms with Gasteiger partial charge in [0.25, 0.3) is 0 Å². The Balaban J connectivity index is 2.32. The molecule has 88 valence electrons. The van der Waals surface area contributed by atoms with Gasteiger partial charge in [-0.3, -0.25) is 4.98 Å². The van der Waals surface area contributed by atoms with Gasteiger partial charge in [0.1, 0.15) is 11.5 Å². The molecular weight excluding hydrogens is 348 g/mol. The Morgan fingerprint density at radius 1 is 1.12 bits per heavy atom. The first-order valence-corrected chi connectivity index (χ1v) is 6.54. The molecule has 0 aliphatic heterocycles. The quantitative estimate of drug-likeness (QED) is 0.907. The molecule has 17 heavy (non-hydrogen) atoms. The van der Waals surface area contributed by atoms with Gasteiger partial charge in [-0.05, 0) is 34.1 Å². The maximum absolute atomic E-state index is 5.76. The van der Waals surface area contributed by atoms with Gasteiger partial charge in [-0.25, -0.2) is 0 Å². The monoisotopic (exact) mass is 356 g/mol. The number of ether oxygens (including phenoxy) is 1.